The van der Waals surface area contributed by atoms with Crippen molar-refractivity contribution in [3.05, 3.63) is 29.8 Å². The molecule has 0 aliphatic carbocycles. The maximum Gasteiger partial charge on any atom is 0.299 e. The lowest BCUT2D eigenvalue weighted by Gasteiger charge is -2.12. The molecule has 0 heterocycles. The number of ether oxygens (including phenoxy) is 1. The van der Waals surface area contributed by atoms with Crippen LogP contribution in [-0.4, -0.2) is 39.6 Å². The van der Waals surface area contributed by atoms with E-state index in [4.69, 9.17) is 9.94 Å². The molecule has 0 radical (unpaired) electrons. The highest BCUT2D eigenvalue weighted by molar-refractivity contribution is 7.90. The van der Waals surface area contributed by atoms with Crippen molar-refractivity contribution >= 4 is 21.6 Å². The maximum absolute atomic E-state index is 11.8. The van der Waals surface area contributed by atoms with Crippen LogP contribution in [0.1, 0.15) is 12.5 Å². The van der Waals surface area contributed by atoms with Crippen molar-refractivity contribution in [1.29, 1.82) is 0 Å². The average Bonchev–Trinajstić information content (AvgIpc) is 2.38. The van der Waals surface area contributed by atoms with Crippen LogP contribution >= 0.6 is 0 Å². The Morgan fingerprint density at radius 2 is 2.11 bits per heavy atom. The molecule has 3 N–H and O–H groups in total. The number of methoxy groups -OCH3 is 1. The van der Waals surface area contributed by atoms with E-state index in [2.05, 4.69) is 14.6 Å². The molecule has 0 saturated heterocycles. The molecular weight excluding hydrogens is 270 g/mol. The molecule has 106 valence electrons. The number of para-hydroxylation sites is 1. The van der Waals surface area contributed by atoms with Crippen molar-refractivity contribution in [2.75, 3.05) is 25.0 Å². The minimum atomic E-state index is -3.69. The number of benzene rings is 1. The largest absolute Gasteiger partial charge is 0.411 e. The van der Waals surface area contributed by atoms with Gasteiger partial charge in [-0.05, 0) is 13.0 Å². The normalized spacial score (nSPS) is 12.4. The first-order chi connectivity index (χ1) is 9.00. The van der Waals surface area contributed by atoms with E-state index < -0.39 is 10.2 Å². The van der Waals surface area contributed by atoms with Crippen LogP contribution in [0.2, 0.25) is 0 Å². The van der Waals surface area contributed by atoms with Gasteiger partial charge in [0, 0.05) is 19.2 Å². The van der Waals surface area contributed by atoms with Crippen LogP contribution in [0, 0.1) is 0 Å². The molecule has 19 heavy (non-hydrogen) atoms. The van der Waals surface area contributed by atoms with Crippen LogP contribution in [0.4, 0.5) is 5.69 Å². The Hall–Kier alpha value is -1.64. The molecule has 0 aromatic heterocycles. The fourth-order valence-corrected chi connectivity index (χ4v) is 2.29. The molecule has 0 spiro atoms. The fraction of sp³-hybridized carbons (Fsp3) is 0.364. The number of nitrogens with zero attached hydrogens (tertiary/aromatic N) is 1. The topological polar surface area (TPSA) is 100 Å². The van der Waals surface area contributed by atoms with Gasteiger partial charge in [-0.3, -0.25) is 4.72 Å². The summed E-state index contributed by atoms with van der Waals surface area (Å²) in [6.45, 7) is 2.02. The van der Waals surface area contributed by atoms with Crippen molar-refractivity contribution in [3.8, 4) is 0 Å². The maximum atomic E-state index is 11.8. The van der Waals surface area contributed by atoms with E-state index in [0.29, 0.717) is 17.0 Å². The third kappa shape index (κ3) is 4.86. The summed E-state index contributed by atoms with van der Waals surface area (Å²) in [5.74, 6) is 0. The Bertz CT molecular complexity index is 543. The summed E-state index contributed by atoms with van der Waals surface area (Å²) < 4.78 is 33.0. The third-order valence-corrected chi connectivity index (χ3v) is 3.38. The summed E-state index contributed by atoms with van der Waals surface area (Å²) in [6.07, 6.45) is 0. The first-order valence-corrected chi connectivity index (χ1v) is 7.03. The van der Waals surface area contributed by atoms with E-state index in [1.807, 2.05) is 0 Å². The Kier molecular flexibility index (Phi) is 5.74. The van der Waals surface area contributed by atoms with Gasteiger partial charge in [0.15, 0.2) is 0 Å². The van der Waals surface area contributed by atoms with Crippen molar-refractivity contribution in [1.82, 2.24) is 4.72 Å². The van der Waals surface area contributed by atoms with Gasteiger partial charge in [-0.25, -0.2) is 0 Å². The highest BCUT2D eigenvalue weighted by atomic mass is 32.2. The average molecular weight is 287 g/mol. The van der Waals surface area contributed by atoms with Gasteiger partial charge in [-0.1, -0.05) is 23.4 Å². The van der Waals surface area contributed by atoms with Crippen LogP contribution in [0.25, 0.3) is 0 Å². The summed E-state index contributed by atoms with van der Waals surface area (Å²) in [5.41, 5.74) is 1.15. The second kappa shape index (κ2) is 7.07. The van der Waals surface area contributed by atoms with Crippen molar-refractivity contribution < 1.29 is 18.4 Å². The summed E-state index contributed by atoms with van der Waals surface area (Å²) in [4.78, 5) is 0. The van der Waals surface area contributed by atoms with Crippen LogP contribution in [0.15, 0.2) is 29.4 Å². The lowest BCUT2D eigenvalue weighted by molar-refractivity contribution is 0.204. The third-order valence-electron chi connectivity index (χ3n) is 2.31. The number of hydrogen-bond donors (Lipinski definition) is 3. The van der Waals surface area contributed by atoms with Crippen molar-refractivity contribution in [2.24, 2.45) is 5.16 Å². The summed E-state index contributed by atoms with van der Waals surface area (Å²) in [7, 11) is -2.20. The standard InChI is InChI=1S/C11H17N3O4S/c1-9(13-15)10-5-3-4-6-11(10)14-19(16,17)12-7-8-18-2/h3-6,12,14-15H,7-8H2,1-2H3/b13-9+. The molecular formula is C11H17N3O4S. The molecule has 7 nitrogen and oxygen atoms in total. The van der Waals surface area contributed by atoms with Crippen LogP contribution in [-0.2, 0) is 14.9 Å². The molecule has 8 heteroatoms. The lowest BCUT2D eigenvalue weighted by Crippen LogP contribution is -2.33. The molecule has 1 aromatic carbocycles. The van der Waals surface area contributed by atoms with Gasteiger partial charge in [-0.2, -0.15) is 13.1 Å². The van der Waals surface area contributed by atoms with Gasteiger partial charge in [0.05, 0.1) is 18.0 Å². The predicted octanol–water partition coefficient (Wildman–Crippen LogP) is 0.777. The number of hydrogen-bond acceptors (Lipinski definition) is 5. The first kappa shape index (κ1) is 15.4. The second-order valence-electron chi connectivity index (χ2n) is 3.72. The van der Waals surface area contributed by atoms with Gasteiger partial charge in [0.2, 0.25) is 0 Å². The van der Waals surface area contributed by atoms with E-state index in [1.165, 1.54) is 7.11 Å². The number of anilines is 1. The van der Waals surface area contributed by atoms with Crippen LogP contribution in [0.3, 0.4) is 0 Å². The summed E-state index contributed by atoms with van der Waals surface area (Å²) in [5, 5.41) is 11.8. The van der Waals surface area contributed by atoms with Crippen molar-refractivity contribution in [3.63, 3.8) is 0 Å². The minimum absolute atomic E-state index is 0.168. The van der Waals surface area contributed by atoms with E-state index >= 15 is 0 Å². The molecule has 1 aromatic rings. The SMILES string of the molecule is COCCNS(=O)(=O)Nc1ccccc1/C(C)=N/O. The monoisotopic (exact) mass is 287 g/mol. The van der Waals surface area contributed by atoms with E-state index in [0.717, 1.165) is 0 Å². The first-order valence-electron chi connectivity index (χ1n) is 5.54. The van der Waals surface area contributed by atoms with Gasteiger partial charge in [0.1, 0.15) is 0 Å². The number of nitrogens with one attached hydrogen (secondary N) is 2. The predicted molar refractivity (Wildman–Crippen MR) is 72.9 cm³/mol. The highest BCUT2D eigenvalue weighted by Crippen LogP contribution is 2.16. The van der Waals surface area contributed by atoms with Gasteiger partial charge in [-0.15, -0.1) is 0 Å². The number of rotatable bonds is 7. The Morgan fingerprint density at radius 1 is 1.42 bits per heavy atom. The zero-order valence-electron chi connectivity index (χ0n) is 10.8. The lowest BCUT2D eigenvalue weighted by atomic mass is 10.1. The molecule has 0 aliphatic rings. The Labute approximate surface area is 112 Å². The smallest absolute Gasteiger partial charge is 0.299 e. The van der Waals surface area contributed by atoms with Gasteiger partial charge >= 0.3 is 0 Å². The molecule has 0 amide bonds. The molecule has 0 bridgehead atoms. The van der Waals surface area contributed by atoms with E-state index in [-0.39, 0.29) is 13.2 Å². The van der Waals surface area contributed by atoms with Gasteiger partial charge in [0.25, 0.3) is 10.2 Å². The van der Waals surface area contributed by atoms with Crippen LogP contribution in [0.5, 0.6) is 0 Å². The molecule has 0 unspecified atom stereocenters. The zero-order chi connectivity index (χ0) is 14.3. The molecule has 0 atom stereocenters. The highest BCUT2D eigenvalue weighted by Gasteiger charge is 2.13. The summed E-state index contributed by atoms with van der Waals surface area (Å²) >= 11 is 0. The molecule has 0 aliphatic heterocycles. The Balaban J connectivity index is 2.87. The second-order valence-corrected chi connectivity index (χ2v) is 5.22. The molecule has 1 rings (SSSR count). The quantitative estimate of drug-likeness (QED) is 0.298. The molecule has 0 saturated carbocycles. The Morgan fingerprint density at radius 3 is 2.74 bits per heavy atom. The summed E-state index contributed by atoms with van der Waals surface area (Å²) in [6, 6.07) is 6.64. The number of oxime groups is 1. The minimum Gasteiger partial charge on any atom is -0.411 e. The van der Waals surface area contributed by atoms with Crippen molar-refractivity contribution in [2.45, 2.75) is 6.92 Å². The molecule has 0 fully saturated rings. The van der Waals surface area contributed by atoms with E-state index in [1.54, 1.807) is 31.2 Å². The van der Waals surface area contributed by atoms with Gasteiger partial charge < -0.3 is 9.94 Å². The van der Waals surface area contributed by atoms with E-state index in [9.17, 15) is 8.42 Å². The zero-order valence-corrected chi connectivity index (χ0v) is 11.6. The van der Waals surface area contributed by atoms with Crippen LogP contribution < -0.4 is 9.44 Å². The fourth-order valence-electron chi connectivity index (χ4n) is 1.40.